The summed E-state index contributed by atoms with van der Waals surface area (Å²) in [6.07, 6.45) is 4.04. The first-order valence-electron chi connectivity index (χ1n) is 4.94. The smallest absolute Gasteiger partial charge is 0.0849 e. The van der Waals surface area contributed by atoms with E-state index in [1.54, 1.807) is 13.8 Å². The van der Waals surface area contributed by atoms with Gasteiger partial charge in [-0.2, -0.15) is 0 Å². The van der Waals surface area contributed by atoms with E-state index in [0.717, 1.165) is 12.8 Å². The van der Waals surface area contributed by atoms with Crippen molar-refractivity contribution in [1.29, 1.82) is 0 Å². The third kappa shape index (κ3) is 5.83. The summed E-state index contributed by atoms with van der Waals surface area (Å²) in [7, 11) is 0. The van der Waals surface area contributed by atoms with Gasteiger partial charge in [0.2, 0.25) is 0 Å². The molecule has 0 heterocycles. The van der Waals surface area contributed by atoms with Crippen LogP contribution in [-0.4, -0.2) is 21.9 Å². The Morgan fingerprint density at radius 3 is 2.38 bits per heavy atom. The zero-order valence-corrected chi connectivity index (χ0v) is 9.17. The molecule has 0 radical (unpaired) electrons. The van der Waals surface area contributed by atoms with E-state index in [9.17, 15) is 10.2 Å². The molecule has 0 bridgehead atoms. The molecule has 0 aromatic carbocycles. The molecule has 1 unspecified atom stereocenters. The van der Waals surface area contributed by atoms with Crippen molar-refractivity contribution >= 4 is 0 Å². The quantitative estimate of drug-likeness (QED) is 0.646. The minimum atomic E-state index is -0.980. The van der Waals surface area contributed by atoms with Crippen molar-refractivity contribution in [3.05, 3.63) is 11.6 Å². The molecule has 13 heavy (non-hydrogen) atoms. The van der Waals surface area contributed by atoms with Crippen molar-refractivity contribution in [2.75, 3.05) is 0 Å². The molecule has 0 aromatic heterocycles. The summed E-state index contributed by atoms with van der Waals surface area (Å²) >= 11 is 0. The van der Waals surface area contributed by atoms with Crippen LogP contribution in [0.3, 0.4) is 0 Å². The van der Waals surface area contributed by atoms with Crippen molar-refractivity contribution in [1.82, 2.24) is 0 Å². The molecule has 0 spiro atoms. The van der Waals surface area contributed by atoms with Gasteiger partial charge in [-0.15, -0.1) is 0 Å². The lowest BCUT2D eigenvalue weighted by Crippen LogP contribution is -2.35. The van der Waals surface area contributed by atoms with Gasteiger partial charge in [0, 0.05) is 0 Å². The molecule has 0 saturated heterocycles. The van der Waals surface area contributed by atoms with Crippen molar-refractivity contribution in [2.45, 2.75) is 58.7 Å². The summed E-state index contributed by atoms with van der Waals surface area (Å²) in [5.41, 5.74) is 0.303. The van der Waals surface area contributed by atoms with Crippen molar-refractivity contribution < 1.29 is 10.2 Å². The lowest BCUT2D eigenvalue weighted by atomic mass is 9.96. The van der Waals surface area contributed by atoms with E-state index in [1.165, 1.54) is 5.57 Å². The Labute approximate surface area is 81.3 Å². The highest BCUT2D eigenvalue weighted by Crippen LogP contribution is 2.16. The standard InChI is InChI=1S/C11H22O2/c1-5-6-9(2)7-8-10(12)11(3,4)13/h6,10,12-13H,5,7-8H2,1-4H3/b9-6+. The number of hydrogen-bond acceptors (Lipinski definition) is 2. The van der Waals surface area contributed by atoms with Crippen LogP contribution in [0.4, 0.5) is 0 Å². The van der Waals surface area contributed by atoms with Gasteiger partial charge < -0.3 is 10.2 Å². The normalized spacial score (nSPS) is 16.0. The maximum Gasteiger partial charge on any atom is 0.0849 e. The van der Waals surface area contributed by atoms with Gasteiger partial charge >= 0.3 is 0 Å². The summed E-state index contributed by atoms with van der Waals surface area (Å²) < 4.78 is 0. The van der Waals surface area contributed by atoms with E-state index in [0.29, 0.717) is 6.42 Å². The third-order valence-electron chi connectivity index (χ3n) is 2.18. The van der Waals surface area contributed by atoms with Crippen LogP contribution in [0, 0.1) is 0 Å². The molecule has 1 atom stereocenters. The molecule has 2 heteroatoms. The van der Waals surface area contributed by atoms with Crippen LogP contribution in [-0.2, 0) is 0 Å². The van der Waals surface area contributed by atoms with Crippen LogP contribution in [0.1, 0.15) is 47.0 Å². The van der Waals surface area contributed by atoms with Crippen molar-refractivity contribution in [3.8, 4) is 0 Å². The highest BCUT2D eigenvalue weighted by Gasteiger charge is 2.23. The lowest BCUT2D eigenvalue weighted by molar-refractivity contribution is -0.0509. The first-order chi connectivity index (χ1) is 5.88. The maximum atomic E-state index is 9.53. The van der Waals surface area contributed by atoms with E-state index in [4.69, 9.17) is 0 Å². The van der Waals surface area contributed by atoms with Gasteiger partial charge in [-0.05, 0) is 40.0 Å². The molecule has 0 aliphatic rings. The zero-order chi connectivity index (χ0) is 10.5. The summed E-state index contributed by atoms with van der Waals surface area (Å²) in [5.74, 6) is 0. The van der Waals surface area contributed by atoms with Crippen LogP contribution < -0.4 is 0 Å². The van der Waals surface area contributed by atoms with Crippen LogP contribution in [0.15, 0.2) is 11.6 Å². The number of aliphatic hydroxyl groups is 2. The molecular weight excluding hydrogens is 164 g/mol. The summed E-state index contributed by atoms with van der Waals surface area (Å²) in [6, 6.07) is 0. The van der Waals surface area contributed by atoms with E-state index < -0.39 is 11.7 Å². The van der Waals surface area contributed by atoms with Crippen LogP contribution in [0.2, 0.25) is 0 Å². The van der Waals surface area contributed by atoms with Crippen LogP contribution in [0.5, 0.6) is 0 Å². The Kier molecular flexibility index (Phi) is 5.26. The molecule has 0 fully saturated rings. The SMILES string of the molecule is CC/C=C(\C)CCC(O)C(C)(C)O. The fraction of sp³-hybridized carbons (Fsp3) is 0.818. The molecule has 0 aliphatic heterocycles. The number of rotatable bonds is 5. The Bertz CT molecular complexity index is 165. The lowest BCUT2D eigenvalue weighted by Gasteiger charge is -2.24. The van der Waals surface area contributed by atoms with Crippen molar-refractivity contribution in [3.63, 3.8) is 0 Å². The molecule has 0 aliphatic carbocycles. The predicted molar refractivity (Wildman–Crippen MR) is 55.6 cm³/mol. The molecule has 0 rings (SSSR count). The van der Waals surface area contributed by atoms with E-state index in [-0.39, 0.29) is 0 Å². The van der Waals surface area contributed by atoms with Gasteiger partial charge in [0.25, 0.3) is 0 Å². The molecule has 2 N–H and O–H groups in total. The van der Waals surface area contributed by atoms with Crippen LogP contribution in [0.25, 0.3) is 0 Å². The highest BCUT2D eigenvalue weighted by atomic mass is 16.3. The monoisotopic (exact) mass is 186 g/mol. The van der Waals surface area contributed by atoms with Gasteiger partial charge in [0.1, 0.15) is 0 Å². The van der Waals surface area contributed by atoms with Crippen LogP contribution >= 0.6 is 0 Å². The average Bonchev–Trinajstić information content (AvgIpc) is 1.99. The fourth-order valence-corrected chi connectivity index (χ4v) is 1.17. The Balaban J connectivity index is 3.83. The topological polar surface area (TPSA) is 40.5 Å². The first kappa shape index (κ1) is 12.7. The minimum Gasteiger partial charge on any atom is -0.390 e. The Morgan fingerprint density at radius 2 is 2.00 bits per heavy atom. The second-order valence-corrected chi connectivity index (χ2v) is 4.17. The molecule has 0 amide bonds. The predicted octanol–water partition coefficient (Wildman–Crippen LogP) is 2.25. The number of hydrogen-bond donors (Lipinski definition) is 2. The summed E-state index contributed by atoms with van der Waals surface area (Å²) in [4.78, 5) is 0. The van der Waals surface area contributed by atoms with Gasteiger partial charge in [0.15, 0.2) is 0 Å². The maximum absolute atomic E-state index is 9.53. The fourth-order valence-electron chi connectivity index (χ4n) is 1.17. The largest absolute Gasteiger partial charge is 0.390 e. The number of allylic oxidation sites excluding steroid dienone is 2. The highest BCUT2D eigenvalue weighted by molar-refractivity contribution is 4.98. The Hall–Kier alpha value is -0.340. The second-order valence-electron chi connectivity index (χ2n) is 4.17. The molecule has 0 saturated carbocycles. The summed E-state index contributed by atoms with van der Waals surface area (Å²) in [6.45, 7) is 7.42. The molecule has 78 valence electrons. The summed E-state index contributed by atoms with van der Waals surface area (Å²) in [5, 5.41) is 19.0. The van der Waals surface area contributed by atoms with Gasteiger partial charge in [0.05, 0.1) is 11.7 Å². The molecule has 0 aromatic rings. The first-order valence-corrected chi connectivity index (χ1v) is 4.94. The van der Waals surface area contributed by atoms with E-state index >= 15 is 0 Å². The van der Waals surface area contributed by atoms with Gasteiger partial charge in [-0.1, -0.05) is 18.6 Å². The van der Waals surface area contributed by atoms with Crippen molar-refractivity contribution in [2.24, 2.45) is 0 Å². The van der Waals surface area contributed by atoms with Gasteiger partial charge in [-0.3, -0.25) is 0 Å². The van der Waals surface area contributed by atoms with Gasteiger partial charge in [-0.25, -0.2) is 0 Å². The zero-order valence-electron chi connectivity index (χ0n) is 9.17. The average molecular weight is 186 g/mol. The molecular formula is C11H22O2. The Morgan fingerprint density at radius 1 is 1.46 bits per heavy atom. The minimum absolute atomic E-state index is 0.631. The van der Waals surface area contributed by atoms with E-state index in [2.05, 4.69) is 19.9 Å². The number of aliphatic hydroxyl groups excluding tert-OH is 1. The van der Waals surface area contributed by atoms with E-state index in [1.807, 2.05) is 0 Å². The molecule has 2 nitrogen and oxygen atoms in total. The second kappa shape index (κ2) is 5.40. The third-order valence-corrected chi connectivity index (χ3v) is 2.18.